The molecule has 2 N–H and O–H groups in total. The highest BCUT2D eigenvalue weighted by Crippen LogP contribution is 2.35. The molecule has 0 fully saturated rings. The maximum Gasteiger partial charge on any atom is 0.251 e. The second-order valence-corrected chi connectivity index (χ2v) is 7.87. The van der Waals surface area contributed by atoms with Gasteiger partial charge in [0.05, 0.1) is 5.56 Å². The zero-order chi connectivity index (χ0) is 18.8. The number of carbonyl (C=O) groups is 1. The van der Waals surface area contributed by atoms with Crippen LogP contribution in [0, 0.1) is 18.2 Å². The number of nitrogens with zero attached hydrogens (tertiary/aromatic N) is 1. The highest BCUT2D eigenvalue weighted by molar-refractivity contribution is 6.02. The normalized spacial score (nSPS) is 11.8. The van der Waals surface area contributed by atoms with E-state index in [4.69, 9.17) is 5.73 Å². The summed E-state index contributed by atoms with van der Waals surface area (Å²) in [5, 5.41) is 0. The lowest BCUT2D eigenvalue weighted by Gasteiger charge is -2.21. The molecule has 0 aliphatic carbocycles. The Morgan fingerprint density at radius 3 is 2.48 bits per heavy atom. The van der Waals surface area contributed by atoms with E-state index in [2.05, 4.69) is 32.3 Å². The largest absolute Gasteiger partial charge is 0.366 e. The van der Waals surface area contributed by atoms with Crippen LogP contribution >= 0.6 is 0 Å². The molecule has 0 atom stereocenters. The van der Waals surface area contributed by atoms with E-state index in [0.717, 1.165) is 48.3 Å². The SMILES string of the molecule is CCCc1c(-c2cccc(F)c2)c(C(N)=O)c(C)n1CCC(C)(C)C. The fourth-order valence-corrected chi connectivity index (χ4v) is 3.30. The summed E-state index contributed by atoms with van der Waals surface area (Å²) < 4.78 is 16.0. The molecule has 0 unspecified atom stereocenters. The average molecular weight is 344 g/mol. The lowest BCUT2D eigenvalue weighted by molar-refractivity contribution is 0.1000. The zero-order valence-corrected chi connectivity index (χ0v) is 15.9. The highest BCUT2D eigenvalue weighted by atomic mass is 19.1. The maximum atomic E-state index is 13.8. The quantitative estimate of drug-likeness (QED) is 0.779. The molecule has 25 heavy (non-hydrogen) atoms. The van der Waals surface area contributed by atoms with Crippen molar-refractivity contribution in [3.63, 3.8) is 0 Å². The Hall–Kier alpha value is -2.10. The Labute approximate surface area is 150 Å². The molecule has 2 rings (SSSR count). The highest BCUT2D eigenvalue weighted by Gasteiger charge is 2.25. The van der Waals surface area contributed by atoms with Gasteiger partial charge in [-0.25, -0.2) is 4.39 Å². The standard InChI is InChI=1S/C21H29FN2O/c1-6-8-17-19(15-9-7-10-16(22)13-15)18(20(23)25)14(2)24(17)12-11-21(3,4)5/h7,9-10,13H,6,8,11-12H2,1-5H3,(H2,23,25). The molecular weight excluding hydrogens is 315 g/mol. The molecular formula is C21H29FN2O. The van der Waals surface area contributed by atoms with Crippen molar-refractivity contribution in [1.82, 2.24) is 4.57 Å². The van der Waals surface area contributed by atoms with Crippen LogP contribution in [0.1, 0.15) is 62.3 Å². The summed E-state index contributed by atoms with van der Waals surface area (Å²) >= 11 is 0. The summed E-state index contributed by atoms with van der Waals surface area (Å²) in [5.74, 6) is -0.765. The van der Waals surface area contributed by atoms with E-state index in [9.17, 15) is 9.18 Å². The Balaban J connectivity index is 2.69. The zero-order valence-electron chi connectivity index (χ0n) is 15.9. The molecule has 0 saturated heterocycles. The summed E-state index contributed by atoms with van der Waals surface area (Å²) in [4.78, 5) is 12.2. The molecule has 0 radical (unpaired) electrons. The second kappa shape index (κ2) is 7.42. The fourth-order valence-electron chi connectivity index (χ4n) is 3.30. The van der Waals surface area contributed by atoms with E-state index in [-0.39, 0.29) is 11.2 Å². The van der Waals surface area contributed by atoms with Crippen molar-refractivity contribution in [3.8, 4) is 11.1 Å². The molecule has 0 bridgehead atoms. The molecule has 1 aromatic carbocycles. The number of halogens is 1. The van der Waals surface area contributed by atoms with E-state index < -0.39 is 5.91 Å². The first kappa shape index (κ1) is 19.2. The molecule has 3 nitrogen and oxygen atoms in total. The van der Waals surface area contributed by atoms with Gasteiger partial charge in [0.2, 0.25) is 0 Å². The molecule has 0 aliphatic rings. The summed E-state index contributed by atoms with van der Waals surface area (Å²) in [7, 11) is 0. The van der Waals surface area contributed by atoms with Crippen molar-refractivity contribution >= 4 is 5.91 Å². The topological polar surface area (TPSA) is 48.0 Å². The summed E-state index contributed by atoms with van der Waals surface area (Å²) in [6, 6.07) is 6.41. The smallest absolute Gasteiger partial charge is 0.251 e. The van der Waals surface area contributed by atoms with Crippen molar-refractivity contribution < 1.29 is 9.18 Å². The van der Waals surface area contributed by atoms with Crippen LogP contribution in [0.25, 0.3) is 11.1 Å². The first-order chi connectivity index (χ1) is 11.7. The number of primary amides is 1. The Morgan fingerprint density at radius 1 is 1.28 bits per heavy atom. The van der Waals surface area contributed by atoms with Gasteiger partial charge in [-0.15, -0.1) is 0 Å². The number of amides is 1. The molecule has 136 valence electrons. The van der Waals surface area contributed by atoms with Gasteiger partial charge in [-0.3, -0.25) is 4.79 Å². The molecule has 0 aliphatic heterocycles. The van der Waals surface area contributed by atoms with E-state index in [0.29, 0.717) is 5.56 Å². The second-order valence-electron chi connectivity index (χ2n) is 7.87. The van der Waals surface area contributed by atoms with Crippen LogP contribution in [0.5, 0.6) is 0 Å². The van der Waals surface area contributed by atoms with E-state index in [1.54, 1.807) is 6.07 Å². The van der Waals surface area contributed by atoms with E-state index in [1.165, 1.54) is 12.1 Å². The summed E-state index contributed by atoms with van der Waals surface area (Å²) in [6.07, 6.45) is 2.75. The van der Waals surface area contributed by atoms with Crippen LogP contribution in [0.2, 0.25) is 0 Å². The maximum absolute atomic E-state index is 13.8. The minimum absolute atomic E-state index is 0.187. The Kier molecular flexibility index (Phi) is 5.71. The first-order valence-corrected chi connectivity index (χ1v) is 8.93. The number of benzene rings is 1. The van der Waals surface area contributed by atoms with Gasteiger partial charge in [0.15, 0.2) is 0 Å². The number of rotatable bonds is 6. The molecule has 1 amide bonds. The van der Waals surface area contributed by atoms with Gasteiger partial charge in [0, 0.05) is 23.5 Å². The van der Waals surface area contributed by atoms with Crippen LogP contribution in [-0.2, 0) is 13.0 Å². The third-order valence-electron chi connectivity index (χ3n) is 4.56. The van der Waals surface area contributed by atoms with Crippen molar-refractivity contribution in [2.45, 2.75) is 60.4 Å². The monoisotopic (exact) mass is 344 g/mol. The fraction of sp³-hybridized carbons (Fsp3) is 0.476. The van der Waals surface area contributed by atoms with Crippen molar-refractivity contribution in [1.29, 1.82) is 0 Å². The molecule has 4 heteroatoms. The van der Waals surface area contributed by atoms with Gasteiger partial charge < -0.3 is 10.3 Å². The van der Waals surface area contributed by atoms with Gasteiger partial charge >= 0.3 is 0 Å². The minimum atomic E-state index is -0.455. The van der Waals surface area contributed by atoms with Crippen LogP contribution in [0.3, 0.4) is 0 Å². The number of aromatic nitrogens is 1. The Morgan fingerprint density at radius 2 is 1.96 bits per heavy atom. The van der Waals surface area contributed by atoms with E-state index >= 15 is 0 Å². The van der Waals surface area contributed by atoms with Gasteiger partial charge in [0.25, 0.3) is 5.91 Å². The number of hydrogen-bond acceptors (Lipinski definition) is 1. The van der Waals surface area contributed by atoms with Crippen molar-refractivity contribution in [3.05, 3.63) is 47.0 Å². The lowest BCUT2D eigenvalue weighted by Crippen LogP contribution is -2.15. The summed E-state index contributed by atoms with van der Waals surface area (Å²) in [6.45, 7) is 11.5. The third-order valence-corrected chi connectivity index (χ3v) is 4.56. The van der Waals surface area contributed by atoms with Gasteiger partial charge in [0.1, 0.15) is 5.82 Å². The minimum Gasteiger partial charge on any atom is -0.366 e. The van der Waals surface area contributed by atoms with Gasteiger partial charge in [-0.1, -0.05) is 46.2 Å². The van der Waals surface area contributed by atoms with E-state index in [1.807, 2.05) is 13.0 Å². The lowest BCUT2D eigenvalue weighted by atomic mass is 9.92. The van der Waals surface area contributed by atoms with Crippen molar-refractivity contribution in [2.24, 2.45) is 11.1 Å². The molecule has 1 aromatic heterocycles. The van der Waals surface area contributed by atoms with Gasteiger partial charge in [-0.05, 0) is 42.9 Å². The number of nitrogens with two attached hydrogens (primary N) is 1. The summed E-state index contributed by atoms with van der Waals surface area (Å²) in [5.41, 5.74) is 9.87. The predicted octanol–water partition coefficient (Wildman–Crippen LogP) is 5.09. The predicted molar refractivity (Wildman–Crippen MR) is 101 cm³/mol. The molecule has 1 heterocycles. The average Bonchev–Trinajstić information content (AvgIpc) is 2.77. The van der Waals surface area contributed by atoms with Crippen LogP contribution < -0.4 is 5.73 Å². The number of carbonyl (C=O) groups excluding carboxylic acids is 1. The van der Waals surface area contributed by atoms with Crippen LogP contribution in [0.15, 0.2) is 24.3 Å². The molecule has 0 saturated carbocycles. The van der Waals surface area contributed by atoms with Gasteiger partial charge in [-0.2, -0.15) is 0 Å². The van der Waals surface area contributed by atoms with Crippen LogP contribution in [0.4, 0.5) is 4.39 Å². The molecule has 2 aromatic rings. The van der Waals surface area contributed by atoms with Crippen molar-refractivity contribution in [2.75, 3.05) is 0 Å². The van der Waals surface area contributed by atoms with Crippen LogP contribution in [-0.4, -0.2) is 10.5 Å². The third kappa shape index (κ3) is 4.30. The molecule has 0 spiro atoms. The Bertz CT molecular complexity index is 769. The number of hydrogen-bond donors (Lipinski definition) is 1. The first-order valence-electron chi connectivity index (χ1n) is 8.93.